The molecule has 1 atom stereocenters. The normalized spacial score (nSPS) is 11.8. The van der Waals surface area contributed by atoms with Crippen molar-refractivity contribution in [3.05, 3.63) is 0 Å². The number of carbonyl (C=O) groups excluding carboxylic acids is 1. The topological polar surface area (TPSA) is 61.2 Å². The van der Waals surface area contributed by atoms with Crippen LogP contribution in [-0.2, 0) is 15.6 Å². The lowest BCUT2D eigenvalue weighted by Crippen LogP contribution is -2.28. The molecule has 0 aromatic heterocycles. The average Bonchev–Trinajstić information content (AvgIpc) is 2.33. The molecule has 0 spiro atoms. The molecule has 0 aliphatic heterocycles. The maximum Gasteiger partial charge on any atom is 0.223 e. The average molecular weight is 258 g/mol. The molecule has 1 amide bonds. The van der Waals surface area contributed by atoms with E-state index in [0.29, 0.717) is 30.9 Å². The van der Waals surface area contributed by atoms with Crippen LogP contribution in [0.4, 0.5) is 0 Å². The summed E-state index contributed by atoms with van der Waals surface area (Å²) in [4.78, 5) is 13.1. The van der Waals surface area contributed by atoms with E-state index in [1.807, 2.05) is 6.07 Å². The lowest BCUT2D eigenvalue weighted by molar-refractivity contribution is -0.129. The van der Waals surface area contributed by atoms with Gasteiger partial charge in [0, 0.05) is 42.3 Å². The van der Waals surface area contributed by atoms with Crippen LogP contribution in [0.2, 0.25) is 0 Å². The van der Waals surface area contributed by atoms with Crippen molar-refractivity contribution in [3.8, 4) is 6.07 Å². The second-order valence-electron chi connectivity index (χ2n) is 4.03. The van der Waals surface area contributed by atoms with E-state index in [2.05, 4.69) is 6.92 Å². The largest absolute Gasteiger partial charge is 0.345 e. The van der Waals surface area contributed by atoms with Crippen LogP contribution >= 0.6 is 0 Å². The fourth-order valence-electron chi connectivity index (χ4n) is 1.35. The summed E-state index contributed by atoms with van der Waals surface area (Å²) in [5.74, 6) is 1.12. The van der Waals surface area contributed by atoms with Gasteiger partial charge < -0.3 is 4.90 Å². The van der Waals surface area contributed by atoms with Crippen molar-refractivity contribution in [2.75, 3.05) is 25.1 Å². The SMILES string of the molecule is CCCCCS(=O)CCC(=O)N(C)CCC#N. The van der Waals surface area contributed by atoms with Crippen molar-refractivity contribution in [3.63, 3.8) is 0 Å². The van der Waals surface area contributed by atoms with Gasteiger partial charge in [-0.15, -0.1) is 0 Å². The molecule has 98 valence electrons. The van der Waals surface area contributed by atoms with E-state index in [1.165, 1.54) is 4.90 Å². The van der Waals surface area contributed by atoms with Gasteiger partial charge in [0.05, 0.1) is 12.5 Å². The summed E-state index contributed by atoms with van der Waals surface area (Å²) in [6.45, 7) is 2.56. The van der Waals surface area contributed by atoms with Gasteiger partial charge in [-0.25, -0.2) is 0 Å². The molecule has 0 rings (SSSR count). The fraction of sp³-hybridized carbons (Fsp3) is 0.833. The Kier molecular flexibility index (Phi) is 9.74. The number of carbonyl (C=O) groups is 1. The number of unbranched alkanes of at least 4 members (excludes halogenated alkanes) is 2. The summed E-state index contributed by atoms with van der Waals surface area (Å²) >= 11 is 0. The fourth-order valence-corrected chi connectivity index (χ4v) is 2.48. The minimum Gasteiger partial charge on any atom is -0.345 e. The maximum absolute atomic E-state index is 11.6. The van der Waals surface area contributed by atoms with E-state index in [1.54, 1.807) is 7.05 Å². The Morgan fingerprint density at radius 3 is 2.65 bits per heavy atom. The molecule has 0 saturated carbocycles. The van der Waals surface area contributed by atoms with Gasteiger partial charge in [-0.05, 0) is 6.42 Å². The van der Waals surface area contributed by atoms with Crippen LogP contribution in [0.5, 0.6) is 0 Å². The molecular weight excluding hydrogens is 236 g/mol. The molecule has 0 bridgehead atoms. The molecule has 0 saturated heterocycles. The van der Waals surface area contributed by atoms with Crippen molar-refractivity contribution in [2.24, 2.45) is 0 Å². The van der Waals surface area contributed by atoms with Gasteiger partial charge in [-0.3, -0.25) is 9.00 Å². The van der Waals surface area contributed by atoms with Gasteiger partial charge in [0.2, 0.25) is 5.91 Å². The Balaban J connectivity index is 3.68. The molecule has 0 N–H and O–H groups in total. The predicted molar refractivity (Wildman–Crippen MR) is 69.9 cm³/mol. The predicted octanol–water partition coefficient (Wildman–Crippen LogP) is 1.69. The zero-order valence-corrected chi connectivity index (χ0v) is 11.6. The van der Waals surface area contributed by atoms with E-state index in [0.717, 1.165) is 19.3 Å². The summed E-state index contributed by atoms with van der Waals surface area (Å²) in [6, 6.07) is 2.00. The Bertz CT molecular complexity index is 287. The number of nitrogens with zero attached hydrogens (tertiary/aromatic N) is 2. The summed E-state index contributed by atoms with van der Waals surface area (Å²) in [6.07, 6.45) is 3.86. The molecule has 4 nitrogen and oxygen atoms in total. The third-order valence-corrected chi connectivity index (χ3v) is 3.91. The monoisotopic (exact) mass is 258 g/mol. The lowest BCUT2D eigenvalue weighted by Gasteiger charge is -2.14. The van der Waals surface area contributed by atoms with E-state index in [9.17, 15) is 9.00 Å². The first-order valence-corrected chi connectivity index (χ1v) is 7.56. The summed E-state index contributed by atoms with van der Waals surface area (Å²) in [5.41, 5.74) is 0. The minimum atomic E-state index is -0.877. The maximum atomic E-state index is 11.6. The van der Waals surface area contributed by atoms with E-state index in [4.69, 9.17) is 5.26 Å². The molecular formula is C12H22N2O2S. The number of hydrogen-bond donors (Lipinski definition) is 0. The van der Waals surface area contributed by atoms with Crippen LogP contribution in [0.3, 0.4) is 0 Å². The Labute approximate surface area is 106 Å². The van der Waals surface area contributed by atoms with Gasteiger partial charge >= 0.3 is 0 Å². The highest BCUT2D eigenvalue weighted by molar-refractivity contribution is 7.84. The third-order valence-electron chi connectivity index (χ3n) is 2.50. The first kappa shape index (κ1) is 16.1. The summed E-state index contributed by atoms with van der Waals surface area (Å²) < 4.78 is 11.5. The molecule has 0 aliphatic rings. The highest BCUT2D eigenvalue weighted by Gasteiger charge is 2.10. The molecule has 0 heterocycles. The number of rotatable bonds is 9. The van der Waals surface area contributed by atoms with Crippen LogP contribution < -0.4 is 0 Å². The van der Waals surface area contributed by atoms with E-state index < -0.39 is 10.8 Å². The van der Waals surface area contributed by atoms with Gasteiger partial charge in [-0.1, -0.05) is 19.8 Å². The second kappa shape index (κ2) is 10.3. The third kappa shape index (κ3) is 8.87. The van der Waals surface area contributed by atoms with Gasteiger partial charge in [0.1, 0.15) is 0 Å². The first-order chi connectivity index (χ1) is 8.11. The molecule has 0 aliphatic carbocycles. The van der Waals surface area contributed by atoms with Crippen molar-refractivity contribution in [2.45, 2.75) is 39.0 Å². The Morgan fingerprint density at radius 2 is 2.06 bits per heavy atom. The Hall–Kier alpha value is -0.890. The molecule has 17 heavy (non-hydrogen) atoms. The van der Waals surface area contributed by atoms with E-state index in [-0.39, 0.29) is 5.91 Å². The van der Waals surface area contributed by atoms with Crippen LogP contribution in [-0.4, -0.2) is 40.1 Å². The highest BCUT2D eigenvalue weighted by Crippen LogP contribution is 2.00. The lowest BCUT2D eigenvalue weighted by atomic mass is 10.3. The van der Waals surface area contributed by atoms with Crippen molar-refractivity contribution >= 4 is 16.7 Å². The second-order valence-corrected chi connectivity index (χ2v) is 5.72. The zero-order valence-electron chi connectivity index (χ0n) is 10.8. The number of hydrogen-bond acceptors (Lipinski definition) is 3. The van der Waals surface area contributed by atoms with Gasteiger partial charge in [0.15, 0.2) is 0 Å². The highest BCUT2D eigenvalue weighted by atomic mass is 32.2. The zero-order chi connectivity index (χ0) is 13.1. The first-order valence-electron chi connectivity index (χ1n) is 6.07. The molecule has 0 aromatic rings. The summed E-state index contributed by atoms with van der Waals surface area (Å²) in [7, 11) is 0.803. The smallest absolute Gasteiger partial charge is 0.223 e. The van der Waals surface area contributed by atoms with Crippen LogP contribution in [0.25, 0.3) is 0 Å². The quantitative estimate of drug-likeness (QED) is 0.591. The number of nitriles is 1. The molecule has 5 heteroatoms. The Morgan fingerprint density at radius 1 is 1.35 bits per heavy atom. The minimum absolute atomic E-state index is 0.0240. The molecule has 0 fully saturated rings. The van der Waals surface area contributed by atoms with Gasteiger partial charge in [-0.2, -0.15) is 5.26 Å². The van der Waals surface area contributed by atoms with Crippen LogP contribution in [0, 0.1) is 11.3 Å². The van der Waals surface area contributed by atoms with E-state index >= 15 is 0 Å². The van der Waals surface area contributed by atoms with Crippen molar-refractivity contribution < 1.29 is 9.00 Å². The molecule has 1 unspecified atom stereocenters. The van der Waals surface area contributed by atoms with Gasteiger partial charge in [0.25, 0.3) is 0 Å². The summed E-state index contributed by atoms with van der Waals surface area (Å²) in [5, 5.41) is 8.40. The molecule has 0 radical (unpaired) electrons. The van der Waals surface area contributed by atoms with Crippen molar-refractivity contribution in [1.29, 1.82) is 5.26 Å². The van der Waals surface area contributed by atoms with Crippen molar-refractivity contribution in [1.82, 2.24) is 4.90 Å². The van der Waals surface area contributed by atoms with Crippen LogP contribution in [0.15, 0.2) is 0 Å². The molecule has 0 aromatic carbocycles. The van der Waals surface area contributed by atoms with Crippen LogP contribution in [0.1, 0.15) is 39.0 Å². The number of amides is 1. The standard InChI is InChI=1S/C12H22N2O2S/c1-3-4-5-10-17(16)11-7-12(15)14(2)9-6-8-13/h3-7,9-11H2,1-2H3.